The summed E-state index contributed by atoms with van der Waals surface area (Å²) in [6.45, 7) is 1.89. The monoisotopic (exact) mass is 118 g/mol. The van der Waals surface area contributed by atoms with Gasteiger partial charge in [0.05, 0.1) is 0 Å². The number of hydrogen-bond acceptors (Lipinski definition) is 2. The number of amides is 2. The van der Waals surface area contributed by atoms with Crippen molar-refractivity contribution in [2.45, 2.75) is 6.92 Å². The normalized spacial score (nSPS) is 8.75. The maximum Gasteiger partial charge on any atom is 0.316 e. The average molecular weight is 118 g/mol. The second kappa shape index (κ2) is 3.26. The van der Waals surface area contributed by atoms with Crippen molar-refractivity contribution in [1.82, 2.24) is 4.90 Å². The zero-order chi connectivity index (χ0) is 6.57. The zero-order valence-corrected chi connectivity index (χ0v) is 4.79. The van der Waals surface area contributed by atoms with Crippen LogP contribution in [0, 0.1) is 0 Å². The molecule has 0 spiro atoms. The van der Waals surface area contributed by atoms with Crippen LogP contribution in [0.4, 0.5) is 4.79 Å². The van der Waals surface area contributed by atoms with Crippen LogP contribution in [0.15, 0.2) is 0 Å². The summed E-state index contributed by atoms with van der Waals surface area (Å²) in [5, 5.41) is 8.32. The maximum absolute atomic E-state index is 10.1. The fourth-order valence-corrected chi connectivity index (χ4v) is 0.326. The largest absolute Gasteiger partial charge is 0.376 e. The Morgan fingerprint density at radius 2 is 2.38 bits per heavy atom. The highest BCUT2D eigenvalue weighted by Crippen LogP contribution is 1.80. The van der Waals surface area contributed by atoms with Crippen LogP contribution in [-0.4, -0.2) is 29.3 Å². The molecule has 3 N–H and O–H groups in total. The lowest BCUT2D eigenvalue weighted by Crippen LogP contribution is -2.35. The summed E-state index contributed by atoms with van der Waals surface area (Å²) < 4.78 is 0. The molecule has 0 atom stereocenters. The Balaban J connectivity index is 3.52. The lowest BCUT2D eigenvalue weighted by molar-refractivity contribution is 0.132. The predicted molar refractivity (Wildman–Crippen MR) is 29.0 cm³/mol. The van der Waals surface area contributed by atoms with Gasteiger partial charge in [-0.05, 0) is 6.92 Å². The highest BCUT2D eigenvalue weighted by atomic mass is 16.3. The Bertz CT molecular complexity index is 80.1. The standard InChI is InChI=1S/C4H10N2O2/c1-2-6(3-7)4(5)8/h7H,2-3H2,1H3,(H2,5,8). The number of urea groups is 1. The molecule has 0 radical (unpaired) electrons. The molecule has 0 rings (SSSR count). The van der Waals surface area contributed by atoms with E-state index in [0.717, 1.165) is 4.90 Å². The number of carbonyl (C=O) groups is 1. The molecule has 0 aromatic heterocycles. The number of aliphatic hydroxyl groups is 1. The number of aliphatic hydroxyl groups excluding tert-OH is 1. The molecule has 0 saturated carbocycles. The number of rotatable bonds is 2. The number of primary amides is 1. The molecule has 0 aromatic rings. The molecule has 4 nitrogen and oxygen atoms in total. The first-order chi connectivity index (χ1) is 3.72. The molecule has 48 valence electrons. The Kier molecular flexibility index (Phi) is 2.95. The SMILES string of the molecule is CCN(CO)C(N)=O. The lowest BCUT2D eigenvalue weighted by atomic mass is 10.6. The van der Waals surface area contributed by atoms with Gasteiger partial charge in [0.15, 0.2) is 0 Å². The molecule has 2 amide bonds. The van der Waals surface area contributed by atoms with E-state index in [1.54, 1.807) is 6.92 Å². The van der Waals surface area contributed by atoms with E-state index in [-0.39, 0.29) is 6.73 Å². The molecule has 0 aliphatic rings. The van der Waals surface area contributed by atoms with Crippen LogP contribution in [0.5, 0.6) is 0 Å². The second-order valence-corrected chi connectivity index (χ2v) is 1.34. The second-order valence-electron chi connectivity index (χ2n) is 1.34. The van der Waals surface area contributed by atoms with E-state index in [4.69, 9.17) is 10.8 Å². The molecule has 8 heavy (non-hydrogen) atoms. The topological polar surface area (TPSA) is 66.6 Å². The third-order valence-corrected chi connectivity index (χ3v) is 0.864. The van der Waals surface area contributed by atoms with E-state index >= 15 is 0 Å². The van der Waals surface area contributed by atoms with Gasteiger partial charge in [-0.3, -0.25) is 0 Å². The van der Waals surface area contributed by atoms with Crippen molar-refractivity contribution in [2.75, 3.05) is 13.3 Å². The molecule has 0 heterocycles. The number of nitrogens with zero attached hydrogens (tertiary/aromatic N) is 1. The summed E-state index contributed by atoms with van der Waals surface area (Å²) >= 11 is 0. The van der Waals surface area contributed by atoms with Gasteiger partial charge in [-0.25, -0.2) is 4.79 Å². The van der Waals surface area contributed by atoms with Crippen LogP contribution in [0.25, 0.3) is 0 Å². The lowest BCUT2D eigenvalue weighted by Gasteiger charge is -2.12. The van der Waals surface area contributed by atoms with Crippen LogP contribution in [0.1, 0.15) is 6.92 Å². The molecule has 0 bridgehead atoms. The Labute approximate surface area is 47.9 Å². The maximum atomic E-state index is 10.1. The van der Waals surface area contributed by atoms with Crippen molar-refractivity contribution < 1.29 is 9.90 Å². The van der Waals surface area contributed by atoms with Gasteiger partial charge in [-0.2, -0.15) is 0 Å². The fraction of sp³-hybridized carbons (Fsp3) is 0.750. The van der Waals surface area contributed by atoms with Crippen molar-refractivity contribution in [3.05, 3.63) is 0 Å². The third-order valence-electron chi connectivity index (χ3n) is 0.864. The van der Waals surface area contributed by atoms with Crippen molar-refractivity contribution >= 4 is 6.03 Å². The minimum absolute atomic E-state index is 0.300. The fourth-order valence-electron chi connectivity index (χ4n) is 0.326. The predicted octanol–water partition coefficient (Wildman–Crippen LogP) is -0.663. The quantitative estimate of drug-likeness (QED) is 0.472. The summed E-state index contributed by atoms with van der Waals surface area (Å²) in [5.41, 5.74) is 4.78. The van der Waals surface area contributed by atoms with E-state index in [9.17, 15) is 4.79 Å². The van der Waals surface area contributed by atoms with Gasteiger partial charge in [0.1, 0.15) is 6.73 Å². The van der Waals surface area contributed by atoms with Gasteiger partial charge in [0, 0.05) is 6.54 Å². The summed E-state index contributed by atoms with van der Waals surface area (Å²) in [7, 11) is 0. The van der Waals surface area contributed by atoms with E-state index in [2.05, 4.69) is 0 Å². The number of carbonyl (C=O) groups excluding carboxylic acids is 1. The highest BCUT2D eigenvalue weighted by Gasteiger charge is 2.01. The minimum Gasteiger partial charge on any atom is -0.376 e. The Morgan fingerprint density at radius 3 is 2.38 bits per heavy atom. The smallest absolute Gasteiger partial charge is 0.316 e. The van der Waals surface area contributed by atoms with Crippen LogP contribution in [0.2, 0.25) is 0 Å². The van der Waals surface area contributed by atoms with E-state index in [1.807, 2.05) is 0 Å². The van der Waals surface area contributed by atoms with Crippen molar-refractivity contribution in [3.63, 3.8) is 0 Å². The van der Waals surface area contributed by atoms with Gasteiger partial charge >= 0.3 is 6.03 Å². The summed E-state index contributed by atoms with van der Waals surface area (Å²) in [6, 6.07) is -0.588. The van der Waals surface area contributed by atoms with E-state index < -0.39 is 6.03 Å². The van der Waals surface area contributed by atoms with Crippen LogP contribution >= 0.6 is 0 Å². The van der Waals surface area contributed by atoms with Crippen molar-refractivity contribution in [2.24, 2.45) is 5.73 Å². The first-order valence-electron chi connectivity index (χ1n) is 2.37. The van der Waals surface area contributed by atoms with E-state index in [0.29, 0.717) is 6.54 Å². The molecule has 0 aliphatic carbocycles. The third kappa shape index (κ3) is 1.79. The summed E-state index contributed by atoms with van der Waals surface area (Å²) in [6.07, 6.45) is 0. The Hall–Kier alpha value is -0.770. The molecule has 0 aromatic carbocycles. The van der Waals surface area contributed by atoms with Crippen molar-refractivity contribution in [1.29, 1.82) is 0 Å². The molecule has 0 unspecified atom stereocenters. The first-order valence-corrected chi connectivity index (χ1v) is 2.37. The molecular formula is C4H10N2O2. The van der Waals surface area contributed by atoms with Gasteiger partial charge in [0.25, 0.3) is 0 Å². The zero-order valence-electron chi connectivity index (χ0n) is 4.79. The molecule has 0 fully saturated rings. The van der Waals surface area contributed by atoms with Crippen LogP contribution in [0.3, 0.4) is 0 Å². The van der Waals surface area contributed by atoms with Gasteiger partial charge in [0.2, 0.25) is 0 Å². The minimum atomic E-state index is -0.588. The van der Waals surface area contributed by atoms with Crippen LogP contribution in [-0.2, 0) is 0 Å². The van der Waals surface area contributed by atoms with Gasteiger partial charge < -0.3 is 15.7 Å². The van der Waals surface area contributed by atoms with E-state index in [1.165, 1.54) is 0 Å². The molecule has 0 saturated heterocycles. The average Bonchev–Trinajstić information content (AvgIpc) is 1.69. The van der Waals surface area contributed by atoms with Gasteiger partial charge in [-0.1, -0.05) is 0 Å². The Morgan fingerprint density at radius 1 is 1.88 bits per heavy atom. The van der Waals surface area contributed by atoms with Gasteiger partial charge in [-0.15, -0.1) is 0 Å². The molecular weight excluding hydrogens is 108 g/mol. The summed E-state index contributed by atoms with van der Waals surface area (Å²) in [4.78, 5) is 11.3. The number of hydrogen-bond donors (Lipinski definition) is 2. The van der Waals surface area contributed by atoms with Crippen LogP contribution < -0.4 is 5.73 Å². The first kappa shape index (κ1) is 7.23. The van der Waals surface area contributed by atoms with Crippen molar-refractivity contribution in [3.8, 4) is 0 Å². The highest BCUT2D eigenvalue weighted by molar-refractivity contribution is 5.71. The molecule has 4 heteroatoms. The molecule has 0 aliphatic heterocycles. The summed E-state index contributed by atoms with van der Waals surface area (Å²) in [5.74, 6) is 0. The number of nitrogens with two attached hydrogens (primary N) is 1.